The number of phenols is 1. The van der Waals surface area contributed by atoms with Crippen molar-refractivity contribution in [2.75, 3.05) is 0 Å². The highest BCUT2D eigenvalue weighted by Gasteiger charge is 2.66. The van der Waals surface area contributed by atoms with Gasteiger partial charge in [0.1, 0.15) is 5.75 Å². The van der Waals surface area contributed by atoms with Crippen molar-refractivity contribution in [1.29, 1.82) is 0 Å². The Bertz CT molecular complexity index is 967. The summed E-state index contributed by atoms with van der Waals surface area (Å²) in [5.41, 5.74) is 3.13. The standard InChI is InChI=1S/C20H19NO7/c1-7-9-3-2-4-11(22)13(9)16(24)14-10(7)5-8-6-12(23)15(19(21)27)18(26)20(8,28)17(14)25/h2-4,7-8,10,14-15,22,28H,5-6H2,1H3,(H2,21,27)/t7?,8?,10?,14?,15?,20-/m0/s1. The smallest absolute Gasteiger partial charge is 0.235 e. The second-order valence-electron chi connectivity index (χ2n) is 7.97. The van der Waals surface area contributed by atoms with E-state index in [9.17, 15) is 34.2 Å². The van der Waals surface area contributed by atoms with Crippen LogP contribution in [0, 0.1) is 23.7 Å². The van der Waals surface area contributed by atoms with Crippen LogP contribution in [0.5, 0.6) is 5.75 Å². The number of benzene rings is 1. The highest BCUT2D eigenvalue weighted by Crippen LogP contribution is 2.53. The minimum Gasteiger partial charge on any atom is -0.507 e. The van der Waals surface area contributed by atoms with E-state index in [4.69, 9.17) is 5.73 Å². The van der Waals surface area contributed by atoms with Gasteiger partial charge in [-0.05, 0) is 29.9 Å². The quantitative estimate of drug-likeness (QED) is 0.570. The summed E-state index contributed by atoms with van der Waals surface area (Å²) in [6.45, 7) is 1.80. The van der Waals surface area contributed by atoms with Crippen molar-refractivity contribution in [3.8, 4) is 5.75 Å². The third-order valence-corrected chi connectivity index (χ3v) is 6.66. The van der Waals surface area contributed by atoms with Gasteiger partial charge >= 0.3 is 0 Å². The molecule has 5 unspecified atom stereocenters. The van der Waals surface area contributed by atoms with E-state index >= 15 is 0 Å². The zero-order valence-electron chi connectivity index (χ0n) is 15.0. The molecule has 0 heterocycles. The Hall–Kier alpha value is -2.87. The van der Waals surface area contributed by atoms with Crippen molar-refractivity contribution < 1.29 is 34.2 Å². The van der Waals surface area contributed by atoms with Crippen LogP contribution in [0.3, 0.4) is 0 Å². The minimum absolute atomic E-state index is 0.0115. The third kappa shape index (κ3) is 2.12. The van der Waals surface area contributed by atoms with Gasteiger partial charge < -0.3 is 15.9 Å². The average Bonchev–Trinajstić information content (AvgIpc) is 2.62. The van der Waals surface area contributed by atoms with Crippen molar-refractivity contribution >= 4 is 29.0 Å². The normalized spacial score (nSPS) is 37.1. The molecule has 28 heavy (non-hydrogen) atoms. The number of carbonyl (C=O) groups is 5. The van der Waals surface area contributed by atoms with Gasteiger partial charge in [-0.3, -0.25) is 24.0 Å². The maximum absolute atomic E-state index is 13.2. The Morgan fingerprint density at radius 2 is 1.86 bits per heavy atom. The molecular formula is C20H19NO7. The first kappa shape index (κ1) is 18.5. The number of fused-ring (bicyclic) bond motifs is 3. The van der Waals surface area contributed by atoms with Gasteiger partial charge in [0, 0.05) is 12.3 Å². The molecule has 3 aliphatic rings. The lowest BCUT2D eigenvalue weighted by Gasteiger charge is -2.50. The van der Waals surface area contributed by atoms with E-state index in [2.05, 4.69) is 0 Å². The van der Waals surface area contributed by atoms with Gasteiger partial charge in [-0.25, -0.2) is 0 Å². The molecule has 0 aliphatic heterocycles. The Balaban J connectivity index is 1.85. The molecule has 2 fully saturated rings. The zero-order valence-corrected chi connectivity index (χ0v) is 15.0. The SMILES string of the molecule is CC1c2cccc(O)c2C(=O)C2C(=O)[C@]3(O)C(=O)C(C(N)=O)C(=O)CC3CC21. The number of aromatic hydroxyl groups is 1. The summed E-state index contributed by atoms with van der Waals surface area (Å²) >= 11 is 0. The molecule has 0 saturated heterocycles. The molecule has 0 bridgehead atoms. The van der Waals surface area contributed by atoms with Gasteiger partial charge in [-0.15, -0.1) is 0 Å². The monoisotopic (exact) mass is 385 g/mol. The molecule has 6 atom stereocenters. The molecule has 1 amide bonds. The van der Waals surface area contributed by atoms with Gasteiger partial charge in [-0.1, -0.05) is 19.1 Å². The van der Waals surface area contributed by atoms with Crippen molar-refractivity contribution in [3.05, 3.63) is 29.3 Å². The van der Waals surface area contributed by atoms with Crippen molar-refractivity contribution in [2.45, 2.75) is 31.3 Å². The minimum atomic E-state index is -2.61. The van der Waals surface area contributed by atoms with Gasteiger partial charge in [0.2, 0.25) is 5.91 Å². The number of hydrogen-bond donors (Lipinski definition) is 3. The number of rotatable bonds is 1. The first-order valence-corrected chi connectivity index (χ1v) is 9.09. The molecule has 2 saturated carbocycles. The number of hydrogen-bond acceptors (Lipinski definition) is 7. The fourth-order valence-electron chi connectivity index (χ4n) is 5.23. The largest absolute Gasteiger partial charge is 0.507 e. The van der Waals surface area contributed by atoms with E-state index in [-0.39, 0.29) is 30.1 Å². The second-order valence-corrected chi connectivity index (χ2v) is 7.97. The van der Waals surface area contributed by atoms with Crippen LogP contribution in [0.15, 0.2) is 18.2 Å². The molecule has 3 aliphatic carbocycles. The molecule has 0 aromatic heterocycles. The fraction of sp³-hybridized carbons (Fsp3) is 0.450. The number of nitrogens with two attached hydrogens (primary N) is 1. The molecular weight excluding hydrogens is 366 g/mol. The molecule has 4 N–H and O–H groups in total. The topological polar surface area (TPSA) is 152 Å². The lowest BCUT2D eigenvalue weighted by Crippen LogP contribution is -2.68. The Labute approximate surface area is 159 Å². The van der Waals surface area contributed by atoms with Crippen molar-refractivity contribution in [3.63, 3.8) is 0 Å². The Morgan fingerprint density at radius 1 is 1.18 bits per heavy atom. The van der Waals surface area contributed by atoms with Crippen LogP contribution in [0.2, 0.25) is 0 Å². The number of ketones is 4. The summed E-state index contributed by atoms with van der Waals surface area (Å²) in [4.78, 5) is 62.9. The summed E-state index contributed by atoms with van der Waals surface area (Å²) < 4.78 is 0. The maximum Gasteiger partial charge on any atom is 0.235 e. The van der Waals surface area contributed by atoms with E-state index in [0.29, 0.717) is 5.56 Å². The summed E-state index contributed by atoms with van der Waals surface area (Å²) in [7, 11) is 0. The van der Waals surface area contributed by atoms with Crippen LogP contribution in [-0.4, -0.2) is 44.9 Å². The van der Waals surface area contributed by atoms with E-state index in [1.807, 2.05) is 0 Å². The number of phenolic OH excluding ortho intramolecular Hbond substituents is 1. The molecule has 0 radical (unpaired) electrons. The second kappa shape index (κ2) is 5.81. The van der Waals surface area contributed by atoms with Crippen molar-refractivity contribution in [1.82, 2.24) is 0 Å². The number of Topliss-reactive ketones (excluding diaryl/α,β-unsaturated/α-hetero) is 4. The molecule has 4 rings (SSSR count). The Morgan fingerprint density at radius 3 is 2.50 bits per heavy atom. The van der Waals surface area contributed by atoms with Gasteiger partial charge in [0.05, 0.1) is 11.5 Å². The van der Waals surface area contributed by atoms with Crippen LogP contribution in [-0.2, 0) is 19.2 Å². The summed E-state index contributed by atoms with van der Waals surface area (Å²) in [6.07, 6.45) is -0.240. The van der Waals surface area contributed by atoms with Crippen molar-refractivity contribution in [2.24, 2.45) is 29.4 Å². The lowest BCUT2D eigenvalue weighted by atomic mass is 9.52. The lowest BCUT2D eigenvalue weighted by molar-refractivity contribution is -0.176. The van der Waals surface area contributed by atoms with E-state index < -0.39 is 58.3 Å². The highest BCUT2D eigenvalue weighted by atomic mass is 16.3. The van der Waals surface area contributed by atoms with Crippen LogP contribution >= 0.6 is 0 Å². The van der Waals surface area contributed by atoms with Gasteiger partial charge in [-0.2, -0.15) is 0 Å². The van der Waals surface area contributed by atoms with Crippen LogP contribution in [0.4, 0.5) is 0 Å². The third-order valence-electron chi connectivity index (χ3n) is 6.66. The number of aliphatic hydroxyl groups is 1. The first-order valence-electron chi connectivity index (χ1n) is 9.09. The zero-order chi connectivity index (χ0) is 20.5. The average molecular weight is 385 g/mol. The van der Waals surface area contributed by atoms with Crippen LogP contribution in [0.25, 0.3) is 0 Å². The first-order chi connectivity index (χ1) is 13.1. The van der Waals surface area contributed by atoms with E-state index in [1.54, 1.807) is 19.1 Å². The fourth-order valence-corrected chi connectivity index (χ4v) is 5.23. The Kier molecular flexibility index (Phi) is 3.84. The van der Waals surface area contributed by atoms with E-state index in [1.165, 1.54) is 6.07 Å². The van der Waals surface area contributed by atoms with Crippen LogP contribution in [0.1, 0.15) is 41.6 Å². The number of primary amides is 1. The molecule has 0 spiro atoms. The number of amides is 1. The van der Waals surface area contributed by atoms with E-state index in [0.717, 1.165) is 0 Å². The molecule has 1 aromatic carbocycles. The summed E-state index contributed by atoms with van der Waals surface area (Å²) in [5.74, 6) is -10.2. The molecule has 1 aromatic rings. The molecule has 8 nitrogen and oxygen atoms in total. The predicted octanol–water partition coefficient (Wildman–Crippen LogP) is -0.112. The molecule has 146 valence electrons. The molecule has 8 heteroatoms. The predicted molar refractivity (Wildman–Crippen MR) is 93.2 cm³/mol. The number of carbonyl (C=O) groups excluding carboxylic acids is 5. The summed E-state index contributed by atoms with van der Waals surface area (Å²) in [5, 5.41) is 21.2. The maximum atomic E-state index is 13.2. The van der Waals surface area contributed by atoms with Crippen LogP contribution < -0.4 is 5.73 Å². The van der Waals surface area contributed by atoms with Gasteiger partial charge in [0.15, 0.2) is 34.7 Å². The van der Waals surface area contributed by atoms with Gasteiger partial charge in [0.25, 0.3) is 0 Å². The highest BCUT2D eigenvalue weighted by molar-refractivity contribution is 6.31. The summed E-state index contributed by atoms with van der Waals surface area (Å²) in [6, 6.07) is 4.63.